The quantitative estimate of drug-likeness (QED) is 0.415. The first-order valence-corrected chi connectivity index (χ1v) is 15.5. The topological polar surface area (TPSA) is 118 Å². The summed E-state index contributed by atoms with van der Waals surface area (Å²) >= 11 is 0. The number of nitrogens with zero attached hydrogens (tertiary/aromatic N) is 1. The predicted molar refractivity (Wildman–Crippen MR) is 168 cm³/mol. The van der Waals surface area contributed by atoms with Crippen LogP contribution in [0.25, 0.3) is 0 Å². The lowest BCUT2D eigenvalue weighted by Gasteiger charge is -2.40. The molecule has 236 valence electrons. The number of piperidine rings is 1. The zero-order valence-corrected chi connectivity index (χ0v) is 25.7. The highest BCUT2D eigenvalue weighted by molar-refractivity contribution is 5.94. The van der Waals surface area contributed by atoms with Crippen molar-refractivity contribution in [3.05, 3.63) is 66.2 Å². The molecule has 2 fully saturated rings. The maximum absolute atomic E-state index is 13.8. The Bertz CT molecular complexity index is 1330. The fourth-order valence-electron chi connectivity index (χ4n) is 6.49. The van der Waals surface area contributed by atoms with Gasteiger partial charge in [0.15, 0.2) is 0 Å². The van der Waals surface area contributed by atoms with Crippen LogP contribution in [0.4, 0.5) is 5.69 Å². The van der Waals surface area contributed by atoms with E-state index < -0.39 is 11.5 Å². The summed E-state index contributed by atoms with van der Waals surface area (Å²) < 4.78 is 16.3. The van der Waals surface area contributed by atoms with Crippen LogP contribution in [0.2, 0.25) is 0 Å². The van der Waals surface area contributed by atoms with Crippen LogP contribution in [-0.2, 0) is 25.5 Å². The Balaban J connectivity index is 1.30. The van der Waals surface area contributed by atoms with Crippen LogP contribution >= 0.6 is 0 Å². The van der Waals surface area contributed by atoms with Gasteiger partial charge in [-0.05, 0) is 55.7 Å². The van der Waals surface area contributed by atoms with Crippen molar-refractivity contribution < 1.29 is 28.6 Å². The Morgan fingerprint density at radius 3 is 2.59 bits per heavy atom. The van der Waals surface area contributed by atoms with Crippen LogP contribution in [-0.4, -0.2) is 81.8 Å². The minimum atomic E-state index is -0.683. The van der Waals surface area contributed by atoms with E-state index >= 15 is 0 Å². The molecule has 0 aliphatic carbocycles. The lowest BCUT2D eigenvalue weighted by Crippen LogP contribution is -2.58. The molecule has 3 aliphatic heterocycles. The second-order valence-corrected chi connectivity index (χ2v) is 12.0. The predicted octanol–water partition coefficient (Wildman–Crippen LogP) is 3.32. The number of allylic oxidation sites excluding steroid dienone is 2. The van der Waals surface area contributed by atoms with E-state index in [2.05, 4.69) is 33.0 Å². The molecule has 10 nitrogen and oxygen atoms in total. The number of rotatable bonds is 7. The zero-order valence-electron chi connectivity index (χ0n) is 25.7. The van der Waals surface area contributed by atoms with Crippen molar-refractivity contribution in [2.45, 2.75) is 50.6 Å². The molecule has 1 spiro atoms. The second-order valence-electron chi connectivity index (χ2n) is 12.0. The van der Waals surface area contributed by atoms with E-state index in [1.165, 1.54) is 0 Å². The van der Waals surface area contributed by atoms with Gasteiger partial charge < -0.3 is 30.2 Å². The summed E-state index contributed by atoms with van der Waals surface area (Å²) in [5, 5.41) is 9.40. The number of hydrogen-bond acceptors (Lipinski definition) is 7. The number of anilines is 1. The highest BCUT2D eigenvalue weighted by Gasteiger charge is 2.41. The first kappa shape index (κ1) is 31.5. The normalized spacial score (nSPS) is 24.9. The van der Waals surface area contributed by atoms with Crippen molar-refractivity contribution >= 4 is 23.4 Å². The summed E-state index contributed by atoms with van der Waals surface area (Å²) in [6, 6.07) is 14.3. The molecule has 5 rings (SSSR count). The maximum Gasteiger partial charge on any atom is 0.243 e. The van der Waals surface area contributed by atoms with Crippen molar-refractivity contribution in [2.75, 3.05) is 52.4 Å². The molecular weight excluding hydrogens is 560 g/mol. The molecule has 3 aliphatic rings. The molecule has 44 heavy (non-hydrogen) atoms. The van der Waals surface area contributed by atoms with E-state index in [9.17, 15) is 14.4 Å². The molecule has 2 aromatic carbocycles. The van der Waals surface area contributed by atoms with Gasteiger partial charge in [-0.3, -0.25) is 19.3 Å². The standard InChI is InChI=1S/C34H44N4O6/c1-42-26-11-12-28(30(21-26)43-2)35-31(39)23-38-17-13-27-25(22-38)10-6-7-14-34(15-18-44-19-16-34)33(41)37-29(32(40)36-27)20-24-8-4-3-5-9-24/h3-9,11-12,21,25,27,29H,10,13-20,22-23H2,1-2H3,(H,35,39)(H,36,40)(H,37,41)/b7-6+/t25-,27-,29-/m0/s1. The average molecular weight is 605 g/mol. The molecular formula is C34H44N4O6. The van der Waals surface area contributed by atoms with Crippen molar-refractivity contribution in [1.29, 1.82) is 0 Å². The Labute approximate surface area is 259 Å². The molecule has 0 saturated carbocycles. The number of hydrogen-bond donors (Lipinski definition) is 3. The molecule has 0 bridgehead atoms. The van der Waals surface area contributed by atoms with Gasteiger partial charge >= 0.3 is 0 Å². The van der Waals surface area contributed by atoms with Crippen LogP contribution in [0.3, 0.4) is 0 Å². The van der Waals surface area contributed by atoms with Gasteiger partial charge in [0.2, 0.25) is 17.7 Å². The first-order chi connectivity index (χ1) is 21.4. The summed E-state index contributed by atoms with van der Waals surface area (Å²) in [5.41, 5.74) is 0.983. The molecule has 3 N–H and O–H groups in total. The van der Waals surface area contributed by atoms with Crippen LogP contribution in [0.1, 0.15) is 37.7 Å². The van der Waals surface area contributed by atoms with Crippen molar-refractivity contribution in [3.8, 4) is 11.5 Å². The number of likely N-dealkylation sites (tertiary alicyclic amines) is 1. The van der Waals surface area contributed by atoms with Gasteiger partial charge in [-0.2, -0.15) is 0 Å². The van der Waals surface area contributed by atoms with E-state index in [1.54, 1.807) is 32.4 Å². The van der Waals surface area contributed by atoms with Gasteiger partial charge in [0.05, 0.1) is 31.9 Å². The third-order valence-corrected chi connectivity index (χ3v) is 9.15. The maximum atomic E-state index is 13.8. The van der Waals surface area contributed by atoms with E-state index in [-0.39, 0.29) is 36.2 Å². The summed E-state index contributed by atoms with van der Waals surface area (Å²) in [4.78, 5) is 42.8. The number of carbonyl (C=O) groups is 3. The van der Waals surface area contributed by atoms with Crippen LogP contribution < -0.4 is 25.4 Å². The molecule has 3 heterocycles. The Hall–Kier alpha value is -3.89. The molecule has 0 aromatic heterocycles. The third-order valence-electron chi connectivity index (χ3n) is 9.15. The van der Waals surface area contributed by atoms with Crippen molar-refractivity contribution in [1.82, 2.24) is 15.5 Å². The number of nitrogens with one attached hydrogen (secondary N) is 3. The summed E-state index contributed by atoms with van der Waals surface area (Å²) in [5.74, 6) is 0.919. The Morgan fingerprint density at radius 1 is 1.05 bits per heavy atom. The highest BCUT2D eigenvalue weighted by Crippen LogP contribution is 2.36. The average Bonchev–Trinajstić information content (AvgIpc) is 3.04. The van der Waals surface area contributed by atoms with Gasteiger partial charge in [0, 0.05) is 44.8 Å². The van der Waals surface area contributed by atoms with Crippen molar-refractivity contribution in [3.63, 3.8) is 0 Å². The zero-order chi connectivity index (χ0) is 30.9. The van der Waals surface area contributed by atoms with Crippen molar-refractivity contribution in [2.24, 2.45) is 11.3 Å². The van der Waals surface area contributed by atoms with Gasteiger partial charge in [-0.1, -0.05) is 42.5 Å². The number of ether oxygens (including phenoxy) is 3. The second kappa shape index (κ2) is 14.7. The van der Waals surface area contributed by atoms with Gasteiger partial charge in [0.25, 0.3) is 0 Å². The Kier molecular flexibility index (Phi) is 10.6. The Morgan fingerprint density at radius 2 is 1.84 bits per heavy atom. The third kappa shape index (κ3) is 7.78. The fraction of sp³-hybridized carbons (Fsp3) is 0.500. The first-order valence-electron chi connectivity index (χ1n) is 15.5. The summed E-state index contributed by atoms with van der Waals surface area (Å²) in [7, 11) is 3.14. The summed E-state index contributed by atoms with van der Waals surface area (Å²) in [6.45, 7) is 2.61. The van der Waals surface area contributed by atoms with Gasteiger partial charge in [-0.15, -0.1) is 0 Å². The minimum Gasteiger partial charge on any atom is -0.497 e. The minimum absolute atomic E-state index is 0.0696. The van der Waals surface area contributed by atoms with Gasteiger partial charge in [-0.25, -0.2) is 0 Å². The van der Waals surface area contributed by atoms with Crippen LogP contribution in [0, 0.1) is 11.3 Å². The number of benzene rings is 2. The van der Waals surface area contributed by atoms with Crippen LogP contribution in [0.5, 0.6) is 11.5 Å². The van der Waals surface area contributed by atoms with E-state index in [1.807, 2.05) is 30.3 Å². The van der Waals surface area contributed by atoms with E-state index in [0.29, 0.717) is 75.6 Å². The lowest BCUT2D eigenvalue weighted by molar-refractivity contribution is -0.140. The van der Waals surface area contributed by atoms with Gasteiger partial charge in [0.1, 0.15) is 17.5 Å². The smallest absolute Gasteiger partial charge is 0.243 e. The monoisotopic (exact) mass is 604 g/mol. The molecule has 0 radical (unpaired) electrons. The van der Waals surface area contributed by atoms with E-state index in [4.69, 9.17) is 14.2 Å². The van der Waals surface area contributed by atoms with E-state index in [0.717, 1.165) is 12.0 Å². The SMILES string of the molecule is COc1ccc(NC(=O)CN2CC[C@@H]3NC(=O)[C@H](Cc4ccccc4)NC(=O)C4(C/C=C/C[C@H]3C2)CCOCC4)c(OC)c1. The highest BCUT2D eigenvalue weighted by atomic mass is 16.5. The lowest BCUT2D eigenvalue weighted by atomic mass is 9.75. The number of fused-ring (bicyclic) bond motifs is 1. The summed E-state index contributed by atoms with van der Waals surface area (Å²) in [6.07, 6.45) is 7.98. The fourth-order valence-corrected chi connectivity index (χ4v) is 6.49. The largest absolute Gasteiger partial charge is 0.497 e. The molecule has 2 saturated heterocycles. The van der Waals surface area contributed by atoms with Crippen LogP contribution in [0.15, 0.2) is 60.7 Å². The number of amides is 3. The molecule has 0 unspecified atom stereocenters. The number of methoxy groups -OCH3 is 2. The molecule has 3 amide bonds. The number of carbonyl (C=O) groups excluding carboxylic acids is 3. The molecule has 3 atom stereocenters. The molecule has 2 aromatic rings. The molecule has 10 heteroatoms.